The van der Waals surface area contributed by atoms with E-state index in [1.54, 1.807) is 19.3 Å². The molecule has 2 aliphatic heterocycles. The summed E-state index contributed by atoms with van der Waals surface area (Å²) in [6, 6.07) is 7.25. The number of rotatable bonds is 3. The molecule has 2 aliphatic rings. The maximum Gasteiger partial charge on any atom is 0.451 e. The van der Waals surface area contributed by atoms with E-state index in [4.69, 9.17) is 15.6 Å². The first kappa shape index (κ1) is 23.9. The van der Waals surface area contributed by atoms with Crippen LogP contribution in [-0.4, -0.2) is 58.0 Å². The molecule has 188 valence electrons. The summed E-state index contributed by atoms with van der Waals surface area (Å²) in [5.74, 6) is -1.37. The van der Waals surface area contributed by atoms with Gasteiger partial charge in [0.15, 0.2) is 5.82 Å². The summed E-state index contributed by atoms with van der Waals surface area (Å²) in [6.45, 7) is 4.57. The van der Waals surface area contributed by atoms with Gasteiger partial charge in [0.05, 0.1) is 18.5 Å². The van der Waals surface area contributed by atoms with Crippen molar-refractivity contribution in [1.29, 1.82) is 10.8 Å². The van der Waals surface area contributed by atoms with E-state index in [0.29, 0.717) is 55.3 Å². The van der Waals surface area contributed by atoms with Gasteiger partial charge in [-0.1, -0.05) is 6.07 Å². The number of anilines is 2. The van der Waals surface area contributed by atoms with Gasteiger partial charge in [-0.15, -0.1) is 5.10 Å². The molecule has 9 nitrogen and oxygen atoms in total. The highest BCUT2D eigenvalue weighted by molar-refractivity contribution is 5.86. The van der Waals surface area contributed by atoms with Crippen molar-refractivity contribution in [2.24, 2.45) is 0 Å². The summed E-state index contributed by atoms with van der Waals surface area (Å²) in [5, 5.41) is 19.4. The molecule has 1 saturated heterocycles. The number of hydrogen-bond acceptors (Lipinski definition) is 8. The standard InChI is InChI=1S/C24H25F3N8O/c1-15-9-21(28)35(23(29)24(25,26)27)32-22(15)34-6-4-19-17(13-34)10-18(12-31-19)33-7-8-36-20(14-33)16-3-2-5-30-11-16/h2-3,5,9-12,20,28-29H,4,6-8,13-14H2,1H3. The highest BCUT2D eigenvalue weighted by Gasteiger charge is 2.37. The van der Waals surface area contributed by atoms with E-state index in [9.17, 15) is 13.2 Å². The van der Waals surface area contributed by atoms with Crippen LogP contribution in [0.2, 0.25) is 0 Å². The van der Waals surface area contributed by atoms with Crippen LogP contribution >= 0.6 is 0 Å². The molecule has 0 saturated carbocycles. The number of hydrogen-bond donors (Lipinski definition) is 2. The largest absolute Gasteiger partial charge is 0.451 e. The Bertz CT molecular complexity index is 1340. The lowest BCUT2D eigenvalue weighted by molar-refractivity contribution is -0.0632. The molecule has 5 rings (SSSR count). The second-order valence-electron chi connectivity index (χ2n) is 8.86. The van der Waals surface area contributed by atoms with Gasteiger partial charge >= 0.3 is 6.18 Å². The second kappa shape index (κ2) is 9.34. The summed E-state index contributed by atoms with van der Waals surface area (Å²) in [7, 11) is 0. The van der Waals surface area contributed by atoms with Gasteiger partial charge in [0.25, 0.3) is 0 Å². The molecular formula is C24H25F3N8O. The zero-order chi connectivity index (χ0) is 25.4. The molecule has 1 unspecified atom stereocenters. The Kier molecular flexibility index (Phi) is 6.20. The number of nitrogens with zero attached hydrogens (tertiary/aromatic N) is 6. The minimum atomic E-state index is -4.90. The fourth-order valence-electron chi connectivity index (χ4n) is 4.58. The van der Waals surface area contributed by atoms with Crippen molar-refractivity contribution in [2.75, 3.05) is 36.0 Å². The first-order valence-corrected chi connectivity index (χ1v) is 11.5. The molecule has 0 aliphatic carbocycles. The van der Waals surface area contributed by atoms with Crippen molar-refractivity contribution >= 4 is 17.3 Å². The third-order valence-electron chi connectivity index (χ3n) is 6.42. The molecular weight excluding hydrogens is 473 g/mol. The van der Waals surface area contributed by atoms with Crippen LogP contribution in [-0.2, 0) is 17.7 Å². The lowest BCUT2D eigenvalue weighted by Crippen LogP contribution is -2.41. The summed E-state index contributed by atoms with van der Waals surface area (Å²) in [4.78, 5) is 12.9. The zero-order valence-corrected chi connectivity index (χ0v) is 19.6. The molecule has 3 aromatic rings. The number of morpholine rings is 1. The van der Waals surface area contributed by atoms with Crippen LogP contribution in [0, 0.1) is 17.7 Å². The predicted molar refractivity (Wildman–Crippen MR) is 126 cm³/mol. The van der Waals surface area contributed by atoms with Gasteiger partial charge in [-0.2, -0.15) is 17.9 Å². The third-order valence-corrected chi connectivity index (χ3v) is 6.42. The molecule has 0 spiro atoms. The Morgan fingerprint density at radius 3 is 2.75 bits per heavy atom. The van der Waals surface area contributed by atoms with E-state index in [0.717, 1.165) is 22.5 Å². The second-order valence-corrected chi connectivity index (χ2v) is 8.86. The van der Waals surface area contributed by atoms with Crippen molar-refractivity contribution in [3.63, 3.8) is 0 Å². The van der Waals surface area contributed by atoms with Crippen LogP contribution in [0.1, 0.15) is 28.5 Å². The summed E-state index contributed by atoms with van der Waals surface area (Å²) in [6.07, 6.45) is 0.993. The Morgan fingerprint density at radius 1 is 1.17 bits per heavy atom. The Balaban J connectivity index is 1.39. The monoisotopic (exact) mass is 498 g/mol. The van der Waals surface area contributed by atoms with E-state index in [1.807, 2.05) is 23.2 Å². The van der Waals surface area contributed by atoms with E-state index in [1.165, 1.54) is 6.07 Å². The summed E-state index contributed by atoms with van der Waals surface area (Å²) in [5.41, 5.74) is 3.96. The number of nitrogens with one attached hydrogen (secondary N) is 2. The average Bonchev–Trinajstić information content (AvgIpc) is 2.88. The van der Waals surface area contributed by atoms with E-state index >= 15 is 0 Å². The van der Waals surface area contributed by atoms with Crippen LogP contribution in [0.4, 0.5) is 24.7 Å². The zero-order valence-electron chi connectivity index (χ0n) is 19.6. The van der Waals surface area contributed by atoms with Crippen LogP contribution < -0.4 is 15.3 Å². The SMILES string of the molecule is Cc1cc(=N)n(C(=N)C(F)(F)F)nc1N1CCc2ncc(N3CCOC(c4cccnc4)C3)cc2C1. The van der Waals surface area contributed by atoms with Crippen LogP contribution in [0.3, 0.4) is 0 Å². The number of alkyl halides is 3. The van der Waals surface area contributed by atoms with Crippen molar-refractivity contribution in [3.05, 3.63) is 70.7 Å². The van der Waals surface area contributed by atoms with Crippen LogP contribution in [0.5, 0.6) is 0 Å². The van der Waals surface area contributed by atoms with Gasteiger partial charge in [-0.3, -0.25) is 20.8 Å². The van der Waals surface area contributed by atoms with Gasteiger partial charge in [0, 0.05) is 56.3 Å². The number of ether oxygens (including phenoxy) is 1. The van der Waals surface area contributed by atoms with Gasteiger partial charge in [-0.05, 0) is 36.2 Å². The Hall–Kier alpha value is -3.80. The number of pyridine rings is 2. The molecule has 36 heavy (non-hydrogen) atoms. The first-order valence-electron chi connectivity index (χ1n) is 11.5. The molecule has 0 aromatic carbocycles. The van der Waals surface area contributed by atoms with Gasteiger partial charge in [-0.25, -0.2) is 0 Å². The minimum absolute atomic E-state index is 0.102. The van der Waals surface area contributed by atoms with E-state index in [2.05, 4.69) is 26.0 Å². The molecule has 1 fully saturated rings. The fourth-order valence-corrected chi connectivity index (χ4v) is 4.58. The molecule has 0 bridgehead atoms. The predicted octanol–water partition coefficient (Wildman–Crippen LogP) is 2.99. The number of fused-ring (bicyclic) bond motifs is 1. The quantitative estimate of drug-likeness (QED) is 0.425. The van der Waals surface area contributed by atoms with E-state index in [-0.39, 0.29) is 6.10 Å². The third kappa shape index (κ3) is 4.68. The fraction of sp³-hybridized carbons (Fsp3) is 0.375. The Labute approximate surface area is 205 Å². The average molecular weight is 499 g/mol. The van der Waals surface area contributed by atoms with Crippen LogP contribution in [0.15, 0.2) is 42.9 Å². The maximum atomic E-state index is 13.1. The number of aryl methyl sites for hydroxylation is 1. The molecule has 3 aromatic heterocycles. The van der Waals surface area contributed by atoms with E-state index < -0.39 is 17.5 Å². The molecule has 1 atom stereocenters. The topological polar surface area (TPSA) is 107 Å². The van der Waals surface area contributed by atoms with Gasteiger partial charge in [0.1, 0.15) is 11.6 Å². The van der Waals surface area contributed by atoms with Crippen molar-refractivity contribution in [1.82, 2.24) is 19.7 Å². The highest BCUT2D eigenvalue weighted by atomic mass is 19.4. The molecule has 12 heteroatoms. The lowest BCUT2D eigenvalue weighted by Gasteiger charge is -2.36. The Morgan fingerprint density at radius 2 is 2.00 bits per heavy atom. The molecule has 5 heterocycles. The van der Waals surface area contributed by atoms with Crippen molar-refractivity contribution in [2.45, 2.75) is 32.2 Å². The summed E-state index contributed by atoms with van der Waals surface area (Å²) >= 11 is 0. The minimum Gasteiger partial charge on any atom is -0.370 e. The molecule has 0 amide bonds. The maximum absolute atomic E-state index is 13.1. The van der Waals surface area contributed by atoms with Gasteiger partial charge < -0.3 is 14.5 Å². The van der Waals surface area contributed by atoms with Crippen LogP contribution in [0.25, 0.3) is 0 Å². The normalized spacial score (nSPS) is 18.2. The lowest BCUT2D eigenvalue weighted by atomic mass is 10.0. The van der Waals surface area contributed by atoms with Crippen molar-refractivity contribution in [3.8, 4) is 0 Å². The smallest absolute Gasteiger partial charge is 0.370 e. The highest BCUT2D eigenvalue weighted by Crippen LogP contribution is 2.30. The van der Waals surface area contributed by atoms with Gasteiger partial charge in [0.2, 0.25) is 5.84 Å². The number of halogens is 3. The molecule has 2 N–H and O–H groups in total. The number of aromatic nitrogens is 4. The summed E-state index contributed by atoms with van der Waals surface area (Å²) < 4.78 is 45.7. The molecule has 0 radical (unpaired) electrons. The van der Waals surface area contributed by atoms with Crippen molar-refractivity contribution < 1.29 is 17.9 Å². The first-order chi connectivity index (χ1) is 17.2.